The van der Waals surface area contributed by atoms with Crippen LogP contribution in [0.2, 0.25) is 0 Å². The molecule has 2 aliphatic heterocycles. The van der Waals surface area contributed by atoms with E-state index in [-0.39, 0.29) is 52.7 Å². The van der Waals surface area contributed by atoms with Crippen LogP contribution in [0.15, 0.2) is 86.1 Å². The van der Waals surface area contributed by atoms with Crippen LogP contribution in [0.25, 0.3) is 32.9 Å². The zero-order valence-corrected chi connectivity index (χ0v) is 42.6. The number of hydrogen-bond donors (Lipinski definition) is 1. The lowest BCUT2D eigenvalue weighted by molar-refractivity contribution is -0.385. The Morgan fingerprint density at radius 3 is 1.90 bits per heavy atom. The van der Waals surface area contributed by atoms with E-state index in [1.165, 1.54) is 24.7 Å². The fourth-order valence-electron chi connectivity index (χ4n) is 6.96. The average Bonchev–Trinajstić information content (AvgIpc) is 4.14. The molecule has 1 fully saturated rings. The van der Waals surface area contributed by atoms with E-state index in [4.69, 9.17) is 40.2 Å². The second kappa shape index (κ2) is 26.1. The summed E-state index contributed by atoms with van der Waals surface area (Å²) in [6, 6.07) is 15.3. The van der Waals surface area contributed by atoms with E-state index in [9.17, 15) is 39.2 Å². The molecule has 24 nitrogen and oxygen atoms in total. The number of aromatic nitrogens is 3. The van der Waals surface area contributed by atoms with E-state index >= 15 is 0 Å². The minimum Gasteiger partial charge on any atom is -0.461 e. The molecule has 71 heavy (non-hydrogen) atoms. The van der Waals surface area contributed by atoms with Gasteiger partial charge in [0.25, 0.3) is 16.9 Å². The highest BCUT2D eigenvalue weighted by Crippen LogP contribution is 2.61. The molecule has 1 N–H and O–H groups in total. The van der Waals surface area contributed by atoms with Crippen molar-refractivity contribution in [3.8, 4) is 11.1 Å². The number of benzene rings is 3. The maximum absolute atomic E-state index is 12.3. The molecule has 3 aromatic carbocycles. The average molecular weight is 1110 g/mol. The monoisotopic (exact) mass is 1100 g/mol. The molecule has 5 heterocycles. The summed E-state index contributed by atoms with van der Waals surface area (Å²) >= 11 is 13.8. The number of esters is 2. The van der Waals surface area contributed by atoms with Crippen LogP contribution in [-0.2, 0) is 42.2 Å². The number of nitro benzene ring substituents is 2. The number of pyridine rings is 1. The third-order valence-electron chi connectivity index (χ3n) is 9.83. The van der Waals surface area contributed by atoms with Crippen LogP contribution in [0, 0.1) is 41.0 Å². The first-order valence-corrected chi connectivity index (χ1v) is 27.6. The zero-order chi connectivity index (χ0) is 52.7. The van der Waals surface area contributed by atoms with Crippen LogP contribution >= 0.6 is 38.9 Å². The minimum atomic E-state index is -3.22. The summed E-state index contributed by atoms with van der Waals surface area (Å²) in [6.07, 6.45) is 4.23. The van der Waals surface area contributed by atoms with Gasteiger partial charge in [0, 0.05) is 41.7 Å². The van der Waals surface area contributed by atoms with Gasteiger partial charge in [-0.1, -0.05) is 50.4 Å². The number of nitro groups is 2. The fourth-order valence-corrected chi connectivity index (χ4v) is 6.96. The molecule has 2 atom stereocenters. The molecule has 0 amide bonds. The van der Waals surface area contributed by atoms with Gasteiger partial charge in [-0.15, -0.1) is 0 Å². The van der Waals surface area contributed by atoms with Gasteiger partial charge < -0.3 is 28.3 Å². The molecule has 0 radical (unpaired) electrons. The SMILES string of the molecule is CCOC(=O)C1=NOC(N2CCCC2)C1c1cc(C)ccc1[N+](=O)[O-].CCOC(=O)c1nocc1-c1cc(C)ccc1[N+](=O)[O-].Cc1ccc2[nH]c(=O)c3nocc3c2c1.O=P(Cl)(Cl)Cl.O=S(=O)=S(=O)=O. The number of ether oxygens (including phenoxy) is 2. The topological polar surface area (TPSA) is 334 Å². The normalized spacial score (nSPS) is 14.9. The standard InChI is InChI=1S/C17H21N3O5.C13H12N2O5.C11H8N2O2.Cl3OP.O4S2/c1-3-24-17(21)15-14(16(25-18-15)19-8-4-5-9-19)12-10-11(2)6-7-13(12)20(22)23;1-3-19-13(16)12-10(7-20-14-12)9-6-8(2)4-5-11(9)15(17)18;1-6-2-3-9-7(4-6)8-5-15-13-10(8)11(14)12-9;1-5(2,3)4;1-5(2)6(3)4/h6-7,10,14,16H,3-5,8-9H2,1-2H3;4-7H,3H2,1-2H3;2-5H,1H3,(H,12,14);;. The summed E-state index contributed by atoms with van der Waals surface area (Å²) in [6.45, 7) is 11.0. The molecule has 8 rings (SSSR count). The lowest BCUT2D eigenvalue weighted by Crippen LogP contribution is -2.40. The Labute approximate surface area is 418 Å². The van der Waals surface area contributed by atoms with Gasteiger partial charge in [0.2, 0.25) is 0 Å². The highest BCUT2D eigenvalue weighted by Gasteiger charge is 2.46. The number of H-pyrrole nitrogens is 1. The summed E-state index contributed by atoms with van der Waals surface area (Å²) in [5, 5.41) is 32.3. The van der Waals surface area contributed by atoms with Crippen molar-refractivity contribution in [2.75, 3.05) is 26.3 Å². The number of nitrogens with zero attached hydrogens (tertiary/aromatic N) is 6. The molecule has 30 heteroatoms. The molecule has 0 spiro atoms. The number of aryl methyl sites for hydroxylation is 3. The molecule has 6 aromatic rings. The predicted octanol–water partition coefficient (Wildman–Crippen LogP) is 8.54. The van der Waals surface area contributed by atoms with Crippen molar-refractivity contribution in [3.63, 3.8) is 0 Å². The Kier molecular flexibility index (Phi) is 20.9. The van der Waals surface area contributed by atoms with Crippen LogP contribution in [0.3, 0.4) is 0 Å². The zero-order valence-electron chi connectivity index (χ0n) is 37.8. The van der Waals surface area contributed by atoms with Crippen LogP contribution < -0.4 is 5.56 Å². The third-order valence-corrected chi connectivity index (χ3v) is 10.7. The van der Waals surface area contributed by atoms with Gasteiger partial charge in [-0.2, -0.15) is 16.8 Å². The van der Waals surface area contributed by atoms with Gasteiger partial charge in [-0.25, -0.2) is 9.59 Å². The van der Waals surface area contributed by atoms with Crippen molar-refractivity contribution in [2.24, 2.45) is 5.16 Å². The van der Waals surface area contributed by atoms with Gasteiger partial charge >= 0.3 is 35.7 Å². The molecule has 0 aliphatic carbocycles. The van der Waals surface area contributed by atoms with Crippen LogP contribution in [-0.4, -0.2) is 97.1 Å². The van der Waals surface area contributed by atoms with Crippen molar-refractivity contribution >= 4 is 108 Å². The number of carbonyl (C=O) groups excluding carboxylic acids is 2. The summed E-state index contributed by atoms with van der Waals surface area (Å²) in [5.41, 5.74) is 4.60. The van der Waals surface area contributed by atoms with E-state index in [0.717, 1.165) is 58.9 Å². The van der Waals surface area contributed by atoms with Crippen molar-refractivity contribution in [1.29, 1.82) is 0 Å². The summed E-state index contributed by atoms with van der Waals surface area (Å²) < 4.78 is 65.4. The second-order valence-corrected chi connectivity index (χ2v) is 23.8. The van der Waals surface area contributed by atoms with Crippen molar-refractivity contribution < 1.29 is 64.2 Å². The molecule has 380 valence electrons. The number of hydrogen-bond acceptors (Lipinski definition) is 21. The van der Waals surface area contributed by atoms with Crippen LogP contribution in [0.5, 0.6) is 0 Å². The highest BCUT2D eigenvalue weighted by atomic mass is 36.0. The number of likely N-dealkylation sites (tertiary alicyclic amines) is 1. The number of oxime groups is 1. The molecule has 0 saturated carbocycles. The van der Waals surface area contributed by atoms with E-state index in [0.29, 0.717) is 11.1 Å². The number of rotatable bonds is 9. The van der Waals surface area contributed by atoms with E-state index in [2.05, 4.69) is 59.1 Å². The van der Waals surface area contributed by atoms with E-state index in [1.54, 1.807) is 45.0 Å². The lowest BCUT2D eigenvalue weighted by Gasteiger charge is -2.27. The number of nitrogens with one attached hydrogen (secondary N) is 1. The van der Waals surface area contributed by atoms with Gasteiger partial charge in [0.1, 0.15) is 12.5 Å². The molecule has 2 unspecified atom stereocenters. The fraction of sp³-hybridized carbons (Fsp3) is 0.317. The number of fused-ring (bicyclic) bond motifs is 3. The predicted molar refractivity (Wildman–Crippen MR) is 259 cm³/mol. The smallest absolute Gasteiger partial charge is 0.361 e. The number of aromatic amines is 1. The maximum atomic E-state index is 12.3. The lowest BCUT2D eigenvalue weighted by atomic mass is 9.89. The Hall–Kier alpha value is -6.54. The highest BCUT2D eigenvalue weighted by molar-refractivity contribution is 8.24. The first-order chi connectivity index (χ1) is 33.5. The quantitative estimate of drug-likeness (QED) is 0.0613. The molecular weight excluding hydrogens is 1060 g/mol. The number of carbonyl (C=O) groups is 2. The van der Waals surface area contributed by atoms with Crippen LogP contribution in [0.4, 0.5) is 11.4 Å². The summed E-state index contributed by atoms with van der Waals surface area (Å²) in [7, 11) is -5.90. The number of halogens is 3. The Bertz CT molecular complexity index is 3300. The summed E-state index contributed by atoms with van der Waals surface area (Å²) in [5.74, 6) is -1.91. The van der Waals surface area contributed by atoms with E-state index in [1.807, 2.05) is 32.0 Å². The molecular formula is C41H41Cl3N7O17PS2. The first-order valence-electron chi connectivity index (χ1n) is 20.5. The molecule has 0 bridgehead atoms. The van der Waals surface area contributed by atoms with Gasteiger partial charge in [-0.05, 0) is 105 Å². The van der Waals surface area contributed by atoms with Crippen molar-refractivity contribution in [3.05, 3.63) is 126 Å². The Balaban J connectivity index is 0.000000213. The minimum absolute atomic E-state index is 0.0395. The molecule has 1 saturated heterocycles. The first kappa shape index (κ1) is 57.0. The Morgan fingerprint density at radius 2 is 1.32 bits per heavy atom. The molecule has 3 aromatic heterocycles. The Morgan fingerprint density at radius 1 is 0.789 bits per heavy atom. The molecule has 2 aliphatic rings. The summed E-state index contributed by atoms with van der Waals surface area (Å²) in [4.78, 5) is 67.7. The van der Waals surface area contributed by atoms with Gasteiger partial charge in [-0.3, -0.25) is 34.5 Å². The van der Waals surface area contributed by atoms with Gasteiger partial charge in [0.05, 0.1) is 45.5 Å². The maximum Gasteiger partial charge on any atom is 0.361 e. The van der Waals surface area contributed by atoms with E-state index < -0.39 is 57.7 Å². The third kappa shape index (κ3) is 16.0. The van der Waals surface area contributed by atoms with Gasteiger partial charge in [0.15, 0.2) is 23.2 Å². The second-order valence-electron chi connectivity index (χ2n) is 14.7. The van der Waals surface area contributed by atoms with Crippen molar-refractivity contribution in [1.82, 2.24) is 20.2 Å². The van der Waals surface area contributed by atoms with Crippen molar-refractivity contribution in [2.45, 2.75) is 59.6 Å². The largest absolute Gasteiger partial charge is 0.461 e. The van der Waals surface area contributed by atoms with Crippen LogP contribution in [0.1, 0.15) is 65.3 Å².